The van der Waals surface area contributed by atoms with Crippen LogP contribution in [0.5, 0.6) is 0 Å². The molecule has 0 saturated heterocycles. The second kappa shape index (κ2) is 7.37. The molecule has 0 aliphatic carbocycles. The summed E-state index contributed by atoms with van der Waals surface area (Å²) in [7, 11) is 2.23. The smallest absolute Gasteiger partial charge is 0.00191 e. The van der Waals surface area contributed by atoms with Gasteiger partial charge in [0.2, 0.25) is 0 Å². The molecule has 0 fully saturated rings. The fourth-order valence-electron chi connectivity index (χ4n) is 1.89. The van der Waals surface area contributed by atoms with Gasteiger partial charge in [-0.3, -0.25) is 0 Å². The molecule has 1 unspecified atom stereocenters. The maximum Gasteiger partial charge on any atom is -0.00191 e. The Morgan fingerprint density at radius 3 is 2.08 bits per heavy atom. The maximum atomic E-state index is 2.45. The second-order valence-corrected chi connectivity index (χ2v) is 4.50. The summed E-state index contributed by atoms with van der Waals surface area (Å²) >= 11 is 0. The molecule has 0 spiro atoms. The average molecular weight is 185 g/mol. The first kappa shape index (κ1) is 13.0. The lowest BCUT2D eigenvalue weighted by atomic mass is 9.90. The van der Waals surface area contributed by atoms with Crippen molar-refractivity contribution in [1.29, 1.82) is 0 Å². The van der Waals surface area contributed by atoms with E-state index < -0.39 is 0 Å². The summed E-state index contributed by atoms with van der Waals surface area (Å²) in [5.41, 5.74) is 0. The molecule has 0 rings (SSSR count). The lowest BCUT2D eigenvalue weighted by molar-refractivity contribution is 0.264. The highest BCUT2D eigenvalue weighted by atomic mass is 15.1. The van der Waals surface area contributed by atoms with E-state index in [4.69, 9.17) is 0 Å². The Bertz CT molecular complexity index is 110. The molecule has 0 amide bonds. The standard InChI is InChI=1S/C12H27N/c1-6-9-13(5)10-8-12(7-2)11(3)4/h11-12H,6-10H2,1-5H3. The van der Waals surface area contributed by atoms with E-state index in [-0.39, 0.29) is 0 Å². The zero-order chi connectivity index (χ0) is 10.3. The fraction of sp³-hybridized carbons (Fsp3) is 1.00. The van der Waals surface area contributed by atoms with Crippen molar-refractivity contribution in [2.24, 2.45) is 11.8 Å². The molecule has 0 radical (unpaired) electrons. The van der Waals surface area contributed by atoms with Crippen LogP contribution in [0.4, 0.5) is 0 Å². The van der Waals surface area contributed by atoms with Crippen LogP contribution in [0.15, 0.2) is 0 Å². The van der Waals surface area contributed by atoms with Crippen molar-refractivity contribution < 1.29 is 0 Å². The normalized spacial score (nSPS) is 14.1. The number of rotatable bonds is 7. The van der Waals surface area contributed by atoms with Gasteiger partial charge >= 0.3 is 0 Å². The van der Waals surface area contributed by atoms with E-state index in [1.807, 2.05) is 0 Å². The number of hydrogen-bond donors (Lipinski definition) is 0. The van der Waals surface area contributed by atoms with Crippen LogP contribution >= 0.6 is 0 Å². The van der Waals surface area contributed by atoms with E-state index in [9.17, 15) is 0 Å². The van der Waals surface area contributed by atoms with Crippen molar-refractivity contribution in [2.45, 2.75) is 47.0 Å². The number of hydrogen-bond acceptors (Lipinski definition) is 1. The van der Waals surface area contributed by atoms with Crippen LogP contribution in [0.2, 0.25) is 0 Å². The molecule has 0 saturated carbocycles. The first-order valence-corrected chi connectivity index (χ1v) is 5.80. The monoisotopic (exact) mass is 185 g/mol. The van der Waals surface area contributed by atoms with Gasteiger partial charge in [-0.05, 0) is 44.8 Å². The van der Waals surface area contributed by atoms with Crippen molar-refractivity contribution in [3.8, 4) is 0 Å². The molecule has 1 heteroatoms. The Balaban J connectivity index is 3.59. The predicted molar refractivity (Wildman–Crippen MR) is 61.0 cm³/mol. The van der Waals surface area contributed by atoms with Crippen molar-refractivity contribution in [3.05, 3.63) is 0 Å². The van der Waals surface area contributed by atoms with Gasteiger partial charge in [0.15, 0.2) is 0 Å². The van der Waals surface area contributed by atoms with Crippen LogP contribution < -0.4 is 0 Å². The quantitative estimate of drug-likeness (QED) is 0.587. The Morgan fingerprint density at radius 2 is 1.69 bits per heavy atom. The van der Waals surface area contributed by atoms with Gasteiger partial charge < -0.3 is 4.90 Å². The summed E-state index contributed by atoms with van der Waals surface area (Å²) in [6.45, 7) is 11.8. The minimum absolute atomic E-state index is 0.847. The summed E-state index contributed by atoms with van der Waals surface area (Å²) < 4.78 is 0. The molecule has 0 heterocycles. The van der Waals surface area contributed by atoms with Crippen LogP contribution in [0.3, 0.4) is 0 Å². The van der Waals surface area contributed by atoms with E-state index >= 15 is 0 Å². The maximum absolute atomic E-state index is 2.45. The third-order valence-corrected chi connectivity index (χ3v) is 2.95. The minimum atomic E-state index is 0.847. The van der Waals surface area contributed by atoms with Gasteiger partial charge in [-0.15, -0.1) is 0 Å². The van der Waals surface area contributed by atoms with Crippen LogP contribution in [-0.2, 0) is 0 Å². The highest BCUT2D eigenvalue weighted by Gasteiger charge is 2.11. The van der Waals surface area contributed by atoms with Crippen molar-refractivity contribution >= 4 is 0 Å². The average Bonchev–Trinajstić information content (AvgIpc) is 2.05. The number of nitrogens with zero attached hydrogens (tertiary/aromatic N) is 1. The molecule has 0 aromatic rings. The lowest BCUT2D eigenvalue weighted by Crippen LogP contribution is -2.23. The second-order valence-electron chi connectivity index (χ2n) is 4.50. The Morgan fingerprint density at radius 1 is 1.08 bits per heavy atom. The first-order chi connectivity index (χ1) is 6.11. The topological polar surface area (TPSA) is 3.24 Å². The zero-order valence-electron chi connectivity index (χ0n) is 10.1. The molecule has 0 aromatic carbocycles. The minimum Gasteiger partial charge on any atom is -0.306 e. The first-order valence-electron chi connectivity index (χ1n) is 5.80. The highest BCUT2D eigenvalue weighted by molar-refractivity contribution is 4.63. The van der Waals surface area contributed by atoms with Gasteiger partial charge in [0, 0.05) is 0 Å². The van der Waals surface area contributed by atoms with Crippen molar-refractivity contribution in [3.63, 3.8) is 0 Å². The highest BCUT2D eigenvalue weighted by Crippen LogP contribution is 2.18. The summed E-state index contributed by atoms with van der Waals surface area (Å²) in [5, 5.41) is 0. The van der Waals surface area contributed by atoms with Gasteiger partial charge in [-0.25, -0.2) is 0 Å². The molecule has 0 aliphatic rings. The van der Waals surface area contributed by atoms with Crippen molar-refractivity contribution in [1.82, 2.24) is 4.90 Å². The summed E-state index contributed by atoms with van der Waals surface area (Å²) in [4.78, 5) is 2.45. The third kappa shape index (κ3) is 6.09. The zero-order valence-corrected chi connectivity index (χ0v) is 10.1. The van der Waals surface area contributed by atoms with E-state index in [1.54, 1.807) is 0 Å². The Kier molecular flexibility index (Phi) is 7.35. The van der Waals surface area contributed by atoms with Crippen LogP contribution in [-0.4, -0.2) is 25.0 Å². The van der Waals surface area contributed by atoms with Gasteiger partial charge in [0.05, 0.1) is 0 Å². The molecular weight excluding hydrogens is 158 g/mol. The van der Waals surface area contributed by atoms with E-state index in [0.29, 0.717) is 0 Å². The molecule has 1 atom stereocenters. The summed E-state index contributed by atoms with van der Waals surface area (Å²) in [6, 6.07) is 0. The van der Waals surface area contributed by atoms with Gasteiger partial charge in [0.1, 0.15) is 0 Å². The van der Waals surface area contributed by atoms with Crippen LogP contribution in [0.25, 0.3) is 0 Å². The molecule has 13 heavy (non-hydrogen) atoms. The molecule has 0 aliphatic heterocycles. The SMILES string of the molecule is CCCN(C)CCC(CC)C(C)C. The van der Waals surface area contributed by atoms with Gasteiger partial charge in [-0.2, -0.15) is 0 Å². The Hall–Kier alpha value is -0.0400. The predicted octanol–water partition coefficient (Wildman–Crippen LogP) is 3.40. The largest absolute Gasteiger partial charge is 0.306 e. The summed E-state index contributed by atoms with van der Waals surface area (Å²) in [5.74, 6) is 1.76. The van der Waals surface area contributed by atoms with E-state index in [1.165, 1.54) is 32.4 Å². The van der Waals surface area contributed by atoms with E-state index in [0.717, 1.165) is 11.8 Å². The molecule has 0 bridgehead atoms. The van der Waals surface area contributed by atoms with E-state index in [2.05, 4.69) is 39.6 Å². The molecule has 0 N–H and O–H groups in total. The molecule has 0 aromatic heterocycles. The van der Waals surface area contributed by atoms with Crippen molar-refractivity contribution in [2.75, 3.05) is 20.1 Å². The fourth-order valence-corrected chi connectivity index (χ4v) is 1.89. The van der Waals surface area contributed by atoms with Gasteiger partial charge in [0.25, 0.3) is 0 Å². The molecule has 1 nitrogen and oxygen atoms in total. The lowest BCUT2D eigenvalue weighted by Gasteiger charge is -2.22. The molecule has 80 valence electrons. The van der Waals surface area contributed by atoms with Crippen LogP contribution in [0, 0.1) is 11.8 Å². The third-order valence-electron chi connectivity index (χ3n) is 2.95. The summed E-state index contributed by atoms with van der Waals surface area (Å²) in [6.07, 6.45) is 3.97. The Labute approximate surface area is 84.5 Å². The van der Waals surface area contributed by atoms with Gasteiger partial charge in [-0.1, -0.05) is 34.1 Å². The van der Waals surface area contributed by atoms with Crippen LogP contribution in [0.1, 0.15) is 47.0 Å². The molecular formula is C12H27N.